The van der Waals surface area contributed by atoms with E-state index in [1.165, 1.54) is 64.7 Å². The van der Waals surface area contributed by atoms with Crippen LogP contribution in [0.3, 0.4) is 0 Å². The van der Waals surface area contributed by atoms with Gasteiger partial charge in [-0.25, -0.2) is 0 Å². The van der Waals surface area contributed by atoms with Crippen molar-refractivity contribution < 1.29 is 0 Å². The summed E-state index contributed by atoms with van der Waals surface area (Å²) in [4.78, 5) is 2.63. The lowest BCUT2D eigenvalue weighted by molar-refractivity contribution is 0.00786. The van der Waals surface area contributed by atoms with E-state index >= 15 is 0 Å². The molecule has 1 atom stereocenters. The van der Waals surface area contributed by atoms with Crippen LogP contribution in [0.2, 0.25) is 0 Å². The molecule has 3 aliphatic heterocycles. The minimum atomic E-state index is 0.249. The van der Waals surface area contributed by atoms with E-state index in [9.17, 15) is 0 Å². The van der Waals surface area contributed by atoms with Crippen molar-refractivity contribution >= 4 is 0 Å². The number of hydrogen-bond donors (Lipinski definition) is 2. The summed E-state index contributed by atoms with van der Waals surface area (Å²) in [6, 6.07) is 0. The number of nitrogens with two attached hydrogens (primary N) is 1. The van der Waals surface area contributed by atoms with Gasteiger partial charge >= 0.3 is 0 Å². The summed E-state index contributed by atoms with van der Waals surface area (Å²) >= 11 is 0. The first kappa shape index (κ1) is 12.6. The number of rotatable bonds is 6. The van der Waals surface area contributed by atoms with Gasteiger partial charge in [-0.2, -0.15) is 0 Å². The maximum atomic E-state index is 6.21. The molecule has 108 valence electrons. The molecule has 5 rings (SSSR count). The standard InChI is InChI=1S/C16H29N3/c17-10-16(11-19-7-5-14(16)6-8-19)18-9-15(12-1-2-12)13-3-4-13/h12-15,18H,1-11,17H2. The Morgan fingerprint density at radius 2 is 1.68 bits per heavy atom. The van der Waals surface area contributed by atoms with Crippen molar-refractivity contribution in [3.8, 4) is 0 Å². The molecule has 5 aliphatic rings. The van der Waals surface area contributed by atoms with Crippen molar-refractivity contribution in [3.63, 3.8) is 0 Å². The maximum Gasteiger partial charge on any atom is 0.0462 e. The van der Waals surface area contributed by atoms with E-state index in [0.717, 1.165) is 30.2 Å². The van der Waals surface area contributed by atoms with Crippen LogP contribution >= 0.6 is 0 Å². The molecule has 0 aromatic heterocycles. The third-order valence-corrected chi connectivity index (χ3v) is 6.38. The SMILES string of the molecule is NCC1(NCC(C2CC2)C2CC2)CN2CCC1CC2. The molecule has 3 saturated heterocycles. The zero-order valence-corrected chi connectivity index (χ0v) is 12.1. The van der Waals surface area contributed by atoms with Crippen LogP contribution < -0.4 is 11.1 Å². The van der Waals surface area contributed by atoms with E-state index < -0.39 is 0 Å². The molecular weight excluding hydrogens is 234 g/mol. The van der Waals surface area contributed by atoms with E-state index in [0.29, 0.717) is 0 Å². The van der Waals surface area contributed by atoms with Crippen molar-refractivity contribution in [2.75, 3.05) is 32.7 Å². The van der Waals surface area contributed by atoms with Gasteiger partial charge in [0.05, 0.1) is 0 Å². The summed E-state index contributed by atoms with van der Waals surface area (Å²) in [6.07, 6.45) is 8.70. The first-order valence-electron chi connectivity index (χ1n) is 8.48. The van der Waals surface area contributed by atoms with Crippen molar-refractivity contribution in [2.45, 2.75) is 44.1 Å². The first-order valence-corrected chi connectivity index (χ1v) is 8.48. The van der Waals surface area contributed by atoms with Crippen LogP contribution in [0.25, 0.3) is 0 Å². The van der Waals surface area contributed by atoms with Crippen molar-refractivity contribution in [1.82, 2.24) is 10.2 Å². The first-order chi connectivity index (χ1) is 9.31. The average Bonchev–Trinajstić information content (AvgIpc) is 3.34. The Labute approximate surface area is 117 Å². The highest BCUT2D eigenvalue weighted by molar-refractivity contribution is 5.06. The van der Waals surface area contributed by atoms with E-state index in [4.69, 9.17) is 5.73 Å². The van der Waals surface area contributed by atoms with Gasteiger partial charge in [0.2, 0.25) is 0 Å². The topological polar surface area (TPSA) is 41.3 Å². The van der Waals surface area contributed by atoms with Gasteiger partial charge in [0.1, 0.15) is 0 Å². The highest BCUT2D eigenvalue weighted by Crippen LogP contribution is 2.49. The Morgan fingerprint density at radius 3 is 2.11 bits per heavy atom. The lowest BCUT2D eigenvalue weighted by Gasteiger charge is -2.54. The third-order valence-electron chi connectivity index (χ3n) is 6.38. The zero-order valence-electron chi connectivity index (χ0n) is 12.1. The van der Waals surface area contributed by atoms with Gasteiger partial charge in [-0.05, 0) is 81.8 Å². The number of nitrogens with zero attached hydrogens (tertiary/aromatic N) is 1. The third kappa shape index (κ3) is 2.34. The second-order valence-corrected chi connectivity index (χ2v) is 7.63. The quantitative estimate of drug-likeness (QED) is 0.762. The Hall–Kier alpha value is -0.120. The molecule has 0 radical (unpaired) electrons. The minimum absolute atomic E-state index is 0.249. The van der Waals surface area contributed by atoms with E-state index in [2.05, 4.69) is 10.2 Å². The Balaban J connectivity index is 1.41. The number of fused-ring (bicyclic) bond motifs is 3. The molecule has 19 heavy (non-hydrogen) atoms. The molecule has 3 heterocycles. The molecule has 2 saturated carbocycles. The lowest BCUT2D eigenvalue weighted by Crippen LogP contribution is -2.69. The van der Waals surface area contributed by atoms with Crippen LogP contribution in [0.15, 0.2) is 0 Å². The fraction of sp³-hybridized carbons (Fsp3) is 1.00. The highest BCUT2D eigenvalue weighted by Gasteiger charge is 2.47. The molecule has 5 fully saturated rings. The highest BCUT2D eigenvalue weighted by atomic mass is 15.2. The fourth-order valence-electron chi connectivity index (χ4n) is 4.76. The molecule has 3 nitrogen and oxygen atoms in total. The largest absolute Gasteiger partial charge is 0.329 e. The summed E-state index contributed by atoms with van der Waals surface area (Å²) in [7, 11) is 0. The van der Waals surface area contributed by atoms with Crippen LogP contribution in [0.5, 0.6) is 0 Å². The van der Waals surface area contributed by atoms with Crippen LogP contribution in [0.4, 0.5) is 0 Å². The smallest absolute Gasteiger partial charge is 0.0462 e. The Morgan fingerprint density at radius 1 is 1.05 bits per heavy atom. The van der Waals surface area contributed by atoms with Crippen molar-refractivity contribution in [3.05, 3.63) is 0 Å². The predicted molar refractivity (Wildman–Crippen MR) is 77.9 cm³/mol. The summed E-state index contributed by atoms with van der Waals surface area (Å²) in [6.45, 7) is 5.90. The molecule has 3 heteroatoms. The molecule has 3 N–H and O–H groups in total. The maximum absolute atomic E-state index is 6.21. The number of nitrogens with one attached hydrogen (secondary N) is 1. The van der Waals surface area contributed by atoms with Gasteiger partial charge in [0, 0.05) is 18.6 Å². The van der Waals surface area contributed by atoms with Gasteiger partial charge in [-0.15, -0.1) is 0 Å². The summed E-state index contributed by atoms with van der Waals surface area (Å²) in [5.74, 6) is 3.91. The summed E-state index contributed by atoms with van der Waals surface area (Å²) < 4.78 is 0. The molecule has 2 aliphatic carbocycles. The van der Waals surface area contributed by atoms with Crippen LogP contribution in [0, 0.1) is 23.7 Å². The summed E-state index contributed by atoms with van der Waals surface area (Å²) in [5.41, 5.74) is 6.45. The van der Waals surface area contributed by atoms with E-state index in [-0.39, 0.29) is 5.54 Å². The van der Waals surface area contributed by atoms with E-state index in [1.807, 2.05) is 0 Å². The molecule has 0 aromatic carbocycles. The summed E-state index contributed by atoms with van der Waals surface area (Å²) in [5, 5.41) is 3.99. The minimum Gasteiger partial charge on any atom is -0.329 e. The van der Waals surface area contributed by atoms with Gasteiger partial charge in [0.15, 0.2) is 0 Å². The van der Waals surface area contributed by atoms with Crippen molar-refractivity contribution in [1.29, 1.82) is 0 Å². The monoisotopic (exact) mass is 263 g/mol. The van der Waals surface area contributed by atoms with Crippen LogP contribution in [0.1, 0.15) is 38.5 Å². The Kier molecular flexibility index (Phi) is 3.13. The average molecular weight is 263 g/mol. The fourth-order valence-corrected chi connectivity index (χ4v) is 4.76. The molecule has 1 unspecified atom stereocenters. The van der Waals surface area contributed by atoms with Crippen molar-refractivity contribution in [2.24, 2.45) is 29.4 Å². The number of piperidine rings is 3. The second kappa shape index (κ2) is 4.71. The molecular formula is C16H29N3. The molecule has 0 spiro atoms. The van der Waals surface area contributed by atoms with Gasteiger partial charge in [-0.3, -0.25) is 0 Å². The Bertz CT molecular complexity index is 317. The van der Waals surface area contributed by atoms with Crippen LogP contribution in [-0.2, 0) is 0 Å². The van der Waals surface area contributed by atoms with Gasteiger partial charge < -0.3 is 16.0 Å². The number of hydrogen-bond acceptors (Lipinski definition) is 3. The zero-order chi connectivity index (χ0) is 12.9. The predicted octanol–water partition coefficient (Wildman–Crippen LogP) is 1.44. The normalized spacial score (nSPS) is 42.0. The van der Waals surface area contributed by atoms with Gasteiger partial charge in [-0.1, -0.05) is 0 Å². The molecule has 0 amide bonds. The van der Waals surface area contributed by atoms with Gasteiger partial charge in [0.25, 0.3) is 0 Å². The van der Waals surface area contributed by atoms with Crippen LogP contribution in [-0.4, -0.2) is 43.2 Å². The lowest BCUT2D eigenvalue weighted by atomic mass is 9.72. The molecule has 0 aromatic rings. The molecule has 2 bridgehead atoms. The van der Waals surface area contributed by atoms with E-state index in [1.54, 1.807) is 0 Å². The second-order valence-electron chi connectivity index (χ2n) is 7.63.